The Kier molecular flexibility index (Phi) is 4.72. The molecule has 0 saturated carbocycles. The number of rotatable bonds is 4. The van der Waals surface area contributed by atoms with Crippen molar-refractivity contribution in [2.45, 2.75) is 38.1 Å². The molecule has 0 aromatic heterocycles. The fraction of sp³-hybridized carbons (Fsp3) is 0.600. The Morgan fingerprint density at radius 2 is 2.06 bits per heavy atom. The molecule has 2 rings (SSSR count). The molecule has 100 valence electrons. The molecule has 1 fully saturated rings. The van der Waals surface area contributed by atoms with E-state index in [1.807, 2.05) is 12.1 Å². The minimum atomic E-state index is -0.163. The first-order chi connectivity index (χ1) is 8.70. The number of piperidine rings is 1. The summed E-state index contributed by atoms with van der Waals surface area (Å²) >= 11 is 0. The molecule has 0 bridgehead atoms. The standard InChI is InChI=1S/C15H23FN2/c1-12(13-5-7-14(16)8-6-13)11-18-9-3-2-4-15(18)10-17/h5-8,12,15H,2-4,9-11,17H2,1H3. The van der Waals surface area contributed by atoms with Crippen LogP contribution in [0, 0.1) is 5.82 Å². The number of hydrogen-bond acceptors (Lipinski definition) is 2. The summed E-state index contributed by atoms with van der Waals surface area (Å²) in [4.78, 5) is 2.50. The van der Waals surface area contributed by atoms with E-state index in [0.29, 0.717) is 12.0 Å². The van der Waals surface area contributed by atoms with Gasteiger partial charge in [-0.25, -0.2) is 4.39 Å². The number of hydrogen-bond donors (Lipinski definition) is 1. The molecule has 0 aliphatic carbocycles. The number of halogens is 1. The zero-order valence-corrected chi connectivity index (χ0v) is 11.1. The lowest BCUT2D eigenvalue weighted by atomic mass is 9.96. The highest BCUT2D eigenvalue weighted by Crippen LogP contribution is 2.22. The van der Waals surface area contributed by atoms with Gasteiger partial charge in [-0.05, 0) is 43.0 Å². The summed E-state index contributed by atoms with van der Waals surface area (Å²) in [6.45, 7) is 5.12. The Morgan fingerprint density at radius 1 is 1.33 bits per heavy atom. The summed E-state index contributed by atoms with van der Waals surface area (Å²) in [6.07, 6.45) is 3.78. The van der Waals surface area contributed by atoms with Crippen LogP contribution < -0.4 is 5.73 Å². The Balaban J connectivity index is 1.97. The number of benzene rings is 1. The van der Waals surface area contributed by atoms with Crippen molar-refractivity contribution in [3.05, 3.63) is 35.6 Å². The third kappa shape index (κ3) is 3.30. The molecule has 2 nitrogen and oxygen atoms in total. The monoisotopic (exact) mass is 250 g/mol. The van der Waals surface area contributed by atoms with Crippen molar-refractivity contribution in [2.75, 3.05) is 19.6 Å². The molecule has 1 aliphatic heterocycles. The predicted molar refractivity (Wildman–Crippen MR) is 73.1 cm³/mol. The molecule has 3 heteroatoms. The molecule has 18 heavy (non-hydrogen) atoms. The molecule has 2 N–H and O–H groups in total. The molecular formula is C15H23FN2. The van der Waals surface area contributed by atoms with Gasteiger partial charge >= 0.3 is 0 Å². The Morgan fingerprint density at radius 3 is 2.72 bits per heavy atom. The maximum absolute atomic E-state index is 12.9. The SMILES string of the molecule is CC(CN1CCCCC1CN)c1ccc(F)cc1. The normalized spacial score (nSPS) is 22.9. The van der Waals surface area contributed by atoms with Crippen molar-refractivity contribution >= 4 is 0 Å². The van der Waals surface area contributed by atoms with Crippen molar-refractivity contribution in [2.24, 2.45) is 5.73 Å². The van der Waals surface area contributed by atoms with Crippen LogP contribution in [0.25, 0.3) is 0 Å². The summed E-state index contributed by atoms with van der Waals surface area (Å²) in [5, 5.41) is 0. The molecule has 2 unspecified atom stereocenters. The van der Waals surface area contributed by atoms with Gasteiger partial charge in [0.15, 0.2) is 0 Å². The molecule has 2 atom stereocenters. The second-order valence-corrected chi connectivity index (χ2v) is 5.33. The van der Waals surface area contributed by atoms with E-state index in [0.717, 1.165) is 19.6 Å². The van der Waals surface area contributed by atoms with Gasteiger partial charge in [-0.3, -0.25) is 4.90 Å². The Hall–Kier alpha value is -0.930. The zero-order chi connectivity index (χ0) is 13.0. The topological polar surface area (TPSA) is 29.3 Å². The van der Waals surface area contributed by atoms with E-state index in [1.165, 1.54) is 24.8 Å². The first-order valence-corrected chi connectivity index (χ1v) is 6.90. The van der Waals surface area contributed by atoms with E-state index in [-0.39, 0.29) is 5.82 Å². The fourth-order valence-electron chi connectivity index (χ4n) is 2.82. The maximum Gasteiger partial charge on any atom is 0.123 e. The maximum atomic E-state index is 12.9. The van der Waals surface area contributed by atoms with Crippen LogP contribution in [-0.4, -0.2) is 30.6 Å². The van der Waals surface area contributed by atoms with Crippen molar-refractivity contribution in [3.63, 3.8) is 0 Å². The van der Waals surface area contributed by atoms with Gasteiger partial charge in [0.25, 0.3) is 0 Å². The molecule has 1 saturated heterocycles. The number of likely N-dealkylation sites (tertiary alicyclic amines) is 1. The third-order valence-corrected chi connectivity index (χ3v) is 3.97. The van der Waals surface area contributed by atoms with Crippen LogP contribution in [0.3, 0.4) is 0 Å². The molecule has 0 radical (unpaired) electrons. The fourth-order valence-corrected chi connectivity index (χ4v) is 2.82. The van der Waals surface area contributed by atoms with Crippen molar-refractivity contribution in [1.29, 1.82) is 0 Å². The van der Waals surface area contributed by atoms with E-state index in [4.69, 9.17) is 5.73 Å². The molecule has 1 aromatic carbocycles. The molecule has 1 heterocycles. The molecular weight excluding hydrogens is 227 g/mol. The van der Waals surface area contributed by atoms with Gasteiger partial charge in [-0.1, -0.05) is 25.5 Å². The first kappa shape index (κ1) is 13.5. The molecule has 1 aromatic rings. The van der Waals surface area contributed by atoms with Crippen LogP contribution in [0.2, 0.25) is 0 Å². The summed E-state index contributed by atoms with van der Waals surface area (Å²) in [6, 6.07) is 7.40. The first-order valence-electron chi connectivity index (χ1n) is 6.90. The van der Waals surface area contributed by atoms with Gasteiger partial charge in [-0.15, -0.1) is 0 Å². The molecule has 0 amide bonds. The van der Waals surface area contributed by atoms with E-state index in [9.17, 15) is 4.39 Å². The molecule has 1 aliphatic rings. The van der Waals surface area contributed by atoms with Gasteiger partial charge in [0, 0.05) is 19.1 Å². The van der Waals surface area contributed by atoms with E-state index in [2.05, 4.69) is 11.8 Å². The van der Waals surface area contributed by atoms with Crippen LogP contribution in [0.1, 0.15) is 37.7 Å². The number of nitrogens with two attached hydrogens (primary N) is 1. The van der Waals surface area contributed by atoms with E-state index >= 15 is 0 Å². The second kappa shape index (κ2) is 6.30. The van der Waals surface area contributed by atoms with Crippen LogP contribution in [0.4, 0.5) is 4.39 Å². The summed E-state index contributed by atoms with van der Waals surface area (Å²) in [5.41, 5.74) is 7.04. The van der Waals surface area contributed by atoms with Crippen LogP contribution in [-0.2, 0) is 0 Å². The van der Waals surface area contributed by atoms with E-state index in [1.54, 1.807) is 12.1 Å². The highest BCUT2D eigenvalue weighted by atomic mass is 19.1. The van der Waals surface area contributed by atoms with Gasteiger partial charge in [-0.2, -0.15) is 0 Å². The highest BCUT2D eigenvalue weighted by Gasteiger charge is 2.22. The largest absolute Gasteiger partial charge is 0.329 e. The van der Waals surface area contributed by atoms with Crippen molar-refractivity contribution < 1.29 is 4.39 Å². The second-order valence-electron chi connectivity index (χ2n) is 5.33. The van der Waals surface area contributed by atoms with Gasteiger partial charge in [0.05, 0.1) is 0 Å². The lowest BCUT2D eigenvalue weighted by Crippen LogP contribution is -2.45. The zero-order valence-electron chi connectivity index (χ0n) is 11.1. The summed E-state index contributed by atoms with van der Waals surface area (Å²) < 4.78 is 12.9. The van der Waals surface area contributed by atoms with Crippen LogP contribution in [0.15, 0.2) is 24.3 Å². The lowest BCUT2D eigenvalue weighted by Gasteiger charge is -2.36. The van der Waals surface area contributed by atoms with Gasteiger partial charge < -0.3 is 5.73 Å². The van der Waals surface area contributed by atoms with Crippen molar-refractivity contribution in [1.82, 2.24) is 4.90 Å². The third-order valence-electron chi connectivity index (χ3n) is 3.97. The van der Waals surface area contributed by atoms with Gasteiger partial charge in [0.2, 0.25) is 0 Å². The summed E-state index contributed by atoms with van der Waals surface area (Å²) in [7, 11) is 0. The quantitative estimate of drug-likeness (QED) is 0.890. The van der Waals surface area contributed by atoms with Crippen LogP contribution in [0.5, 0.6) is 0 Å². The summed E-state index contributed by atoms with van der Waals surface area (Å²) in [5.74, 6) is 0.265. The van der Waals surface area contributed by atoms with Gasteiger partial charge in [0.1, 0.15) is 5.82 Å². The Bertz CT molecular complexity index is 363. The lowest BCUT2D eigenvalue weighted by molar-refractivity contribution is 0.146. The smallest absolute Gasteiger partial charge is 0.123 e. The predicted octanol–water partition coefficient (Wildman–Crippen LogP) is 2.74. The average Bonchev–Trinajstić information content (AvgIpc) is 2.40. The van der Waals surface area contributed by atoms with Crippen LogP contribution >= 0.6 is 0 Å². The number of nitrogens with zero attached hydrogens (tertiary/aromatic N) is 1. The highest BCUT2D eigenvalue weighted by molar-refractivity contribution is 5.20. The minimum absolute atomic E-state index is 0.163. The average molecular weight is 250 g/mol. The van der Waals surface area contributed by atoms with E-state index < -0.39 is 0 Å². The minimum Gasteiger partial charge on any atom is -0.329 e. The Labute approximate surface area is 109 Å². The van der Waals surface area contributed by atoms with Crippen molar-refractivity contribution in [3.8, 4) is 0 Å². The molecule has 0 spiro atoms.